The number of carbonyl (C=O) groups excluding carboxylic acids is 2. The Bertz CT molecular complexity index is 1220. The van der Waals surface area contributed by atoms with E-state index in [0.717, 1.165) is 16.3 Å². The average molecular weight is 427 g/mol. The minimum atomic E-state index is -0.836. The summed E-state index contributed by atoms with van der Waals surface area (Å²) in [6.07, 6.45) is 0.302. The number of halogens is 1. The molecule has 0 saturated carbocycles. The normalized spacial score (nSPS) is 11.5. The van der Waals surface area contributed by atoms with Crippen molar-refractivity contribution in [2.75, 3.05) is 10.6 Å². The van der Waals surface area contributed by atoms with Crippen molar-refractivity contribution >= 4 is 34.1 Å². The fourth-order valence-corrected chi connectivity index (χ4v) is 3.47. The van der Waals surface area contributed by atoms with Crippen molar-refractivity contribution in [3.05, 3.63) is 108 Å². The molecular weight excluding hydrogens is 405 g/mol. The van der Waals surface area contributed by atoms with Crippen molar-refractivity contribution in [3.63, 3.8) is 0 Å². The second-order valence-corrected chi connectivity index (χ2v) is 7.36. The summed E-state index contributed by atoms with van der Waals surface area (Å²) in [4.78, 5) is 25.8. The summed E-state index contributed by atoms with van der Waals surface area (Å²) in [5.74, 6) is -0.787. The number of hydrogen-bond donors (Lipinski definition) is 3. The van der Waals surface area contributed by atoms with Gasteiger partial charge in [-0.25, -0.2) is 9.18 Å². The van der Waals surface area contributed by atoms with E-state index in [0.29, 0.717) is 17.8 Å². The van der Waals surface area contributed by atoms with Gasteiger partial charge in [0.1, 0.15) is 11.9 Å². The summed E-state index contributed by atoms with van der Waals surface area (Å²) in [5, 5.41) is 10.3. The maximum absolute atomic E-state index is 13.2. The molecule has 3 N–H and O–H groups in total. The van der Waals surface area contributed by atoms with Crippen LogP contribution in [0.4, 0.5) is 20.6 Å². The Labute approximate surface area is 185 Å². The van der Waals surface area contributed by atoms with Crippen molar-refractivity contribution in [1.29, 1.82) is 0 Å². The third kappa shape index (κ3) is 5.29. The molecule has 0 radical (unpaired) electrons. The highest BCUT2D eigenvalue weighted by Crippen LogP contribution is 2.23. The van der Waals surface area contributed by atoms with Crippen LogP contribution >= 0.6 is 0 Å². The molecule has 0 aromatic heterocycles. The van der Waals surface area contributed by atoms with Gasteiger partial charge in [0.25, 0.3) is 0 Å². The van der Waals surface area contributed by atoms with Gasteiger partial charge in [0, 0.05) is 17.5 Å². The Balaban J connectivity index is 1.51. The first-order valence-electron chi connectivity index (χ1n) is 10.2. The zero-order valence-corrected chi connectivity index (χ0v) is 17.2. The summed E-state index contributed by atoms with van der Waals surface area (Å²) in [5.41, 5.74) is 2.00. The summed E-state index contributed by atoms with van der Waals surface area (Å²) in [7, 11) is 0. The fraction of sp³-hybridized carbons (Fsp3) is 0.0769. The number of nitrogens with one attached hydrogen (secondary N) is 3. The van der Waals surface area contributed by atoms with E-state index in [1.807, 2.05) is 72.8 Å². The van der Waals surface area contributed by atoms with Crippen molar-refractivity contribution in [2.45, 2.75) is 12.5 Å². The molecule has 0 fully saturated rings. The van der Waals surface area contributed by atoms with Crippen molar-refractivity contribution in [1.82, 2.24) is 5.32 Å². The predicted molar refractivity (Wildman–Crippen MR) is 125 cm³/mol. The molecule has 0 aliphatic carbocycles. The minimum absolute atomic E-state index is 0.302. The molecule has 5 nitrogen and oxygen atoms in total. The van der Waals surface area contributed by atoms with Crippen molar-refractivity contribution < 1.29 is 14.0 Å². The summed E-state index contributed by atoms with van der Waals surface area (Å²) in [6.45, 7) is 0. The molecule has 0 aliphatic rings. The highest BCUT2D eigenvalue weighted by Gasteiger charge is 2.22. The number of fused-ring (bicyclic) bond motifs is 1. The van der Waals surface area contributed by atoms with Crippen LogP contribution < -0.4 is 16.0 Å². The van der Waals surface area contributed by atoms with Gasteiger partial charge in [0.15, 0.2) is 0 Å². The Hall–Kier alpha value is -4.19. The number of urea groups is 1. The molecule has 160 valence electrons. The Morgan fingerprint density at radius 3 is 2.22 bits per heavy atom. The van der Waals surface area contributed by atoms with Crippen LogP contribution in [0.5, 0.6) is 0 Å². The van der Waals surface area contributed by atoms with E-state index in [9.17, 15) is 14.0 Å². The second-order valence-electron chi connectivity index (χ2n) is 7.36. The number of amides is 3. The van der Waals surface area contributed by atoms with Crippen LogP contribution in [0.3, 0.4) is 0 Å². The first-order valence-corrected chi connectivity index (χ1v) is 10.2. The average Bonchev–Trinajstić information content (AvgIpc) is 2.81. The van der Waals surface area contributed by atoms with E-state index in [1.54, 1.807) is 0 Å². The van der Waals surface area contributed by atoms with E-state index in [2.05, 4.69) is 16.0 Å². The van der Waals surface area contributed by atoms with Gasteiger partial charge in [-0.15, -0.1) is 0 Å². The maximum atomic E-state index is 13.2. The van der Waals surface area contributed by atoms with Crippen molar-refractivity contribution in [2.24, 2.45) is 0 Å². The SMILES string of the molecule is O=C(Nc1cccc2ccccc12)NC(Cc1ccccc1)C(=O)Nc1ccc(F)cc1. The molecular formula is C26H22FN3O2. The van der Waals surface area contributed by atoms with Crippen LogP contribution in [0.15, 0.2) is 97.1 Å². The molecule has 4 rings (SSSR count). The van der Waals surface area contributed by atoms with E-state index >= 15 is 0 Å². The molecule has 0 bridgehead atoms. The molecule has 0 aliphatic heterocycles. The lowest BCUT2D eigenvalue weighted by atomic mass is 10.1. The number of carbonyl (C=O) groups is 2. The van der Waals surface area contributed by atoms with Crippen LogP contribution in [0.2, 0.25) is 0 Å². The van der Waals surface area contributed by atoms with Crippen LogP contribution in [0.25, 0.3) is 10.8 Å². The number of hydrogen-bond acceptors (Lipinski definition) is 2. The highest BCUT2D eigenvalue weighted by atomic mass is 19.1. The predicted octanol–water partition coefficient (Wildman–Crippen LogP) is 5.35. The molecule has 0 spiro atoms. The summed E-state index contributed by atoms with van der Waals surface area (Å²) >= 11 is 0. The quantitative estimate of drug-likeness (QED) is 0.388. The van der Waals surface area contributed by atoms with Gasteiger partial charge in [0.2, 0.25) is 5.91 Å². The van der Waals surface area contributed by atoms with Gasteiger partial charge in [-0.2, -0.15) is 0 Å². The van der Waals surface area contributed by atoms with Crippen molar-refractivity contribution in [3.8, 4) is 0 Å². The monoisotopic (exact) mass is 427 g/mol. The summed E-state index contributed by atoms with van der Waals surface area (Å²) < 4.78 is 13.2. The van der Waals surface area contributed by atoms with Crippen LogP contribution in [-0.2, 0) is 11.2 Å². The third-order valence-corrected chi connectivity index (χ3v) is 5.05. The van der Waals surface area contributed by atoms with Gasteiger partial charge in [-0.05, 0) is 41.3 Å². The minimum Gasteiger partial charge on any atom is -0.326 e. The third-order valence-electron chi connectivity index (χ3n) is 5.05. The Morgan fingerprint density at radius 1 is 0.750 bits per heavy atom. The lowest BCUT2D eigenvalue weighted by Gasteiger charge is -2.19. The maximum Gasteiger partial charge on any atom is 0.319 e. The molecule has 1 atom stereocenters. The number of benzene rings is 4. The van der Waals surface area contributed by atoms with Gasteiger partial charge in [-0.1, -0.05) is 66.7 Å². The first kappa shape index (κ1) is 21.1. The molecule has 4 aromatic rings. The number of anilines is 2. The largest absolute Gasteiger partial charge is 0.326 e. The molecule has 32 heavy (non-hydrogen) atoms. The van der Waals surface area contributed by atoms with Gasteiger partial charge < -0.3 is 16.0 Å². The molecule has 6 heteroatoms. The van der Waals surface area contributed by atoms with Gasteiger partial charge in [0.05, 0.1) is 5.69 Å². The molecule has 4 aromatic carbocycles. The molecule has 0 heterocycles. The lowest BCUT2D eigenvalue weighted by Crippen LogP contribution is -2.46. The van der Waals surface area contributed by atoms with Crippen LogP contribution in [0, 0.1) is 5.82 Å². The van der Waals surface area contributed by atoms with Crippen LogP contribution in [0.1, 0.15) is 5.56 Å². The second kappa shape index (κ2) is 9.75. The standard InChI is InChI=1S/C26H22FN3O2/c27-20-13-15-21(16-14-20)28-25(31)24(17-18-7-2-1-3-8-18)30-26(32)29-23-12-6-10-19-9-4-5-11-22(19)23/h1-16,24H,17H2,(H,28,31)(H2,29,30,32). The molecule has 3 amide bonds. The fourth-order valence-electron chi connectivity index (χ4n) is 3.47. The smallest absolute Gasteiger partial charge is 0.319 e. The van der Waals surface area contributed by atoms with Gasteiger partial charge >= 0.3 is 6.03 Å². The Kier molecular flexibility index (Phi) is 6.41. The summed E-state index contributed by atoms with van der Waals surface area (Å²) in [6, 6.07) is 26.9. The van der Waals surface area contributed by atoms with E-state index in [1.165, 1.54) is 24.3 Å². The first-order chi connectivity index (χ1) is 15.6. The highest BCUT2D eigenvalue weighted by molar-refractivity contribution is 6.03. The van der Waals surface area contributed by atoms with E-state index in [4.69, 9.17) is 0 Å². The van der Waals surface area contributed by atoms with Crippen LogP contribution in [-0.4, -0.2) is 18.0 Å². The zero-order chi connectivity index (χ0) is 22.3. The van der Waals surface area contributed by atoms with E-state index < -0.39 is 23.8 Å². The molecule has 1 unspecified atom stereocenters. The van der Waals surface area contributed by atoms with E-state index in [-0.39, 0.29) is 0 Å². The molecule has 0 saturated heterocycles. The Morgan fingerprint density at radius 2 is 1.44 bits per heavy atom. The topological polar surface area (TPSA) is 70.2 Å². The zero-order valence-electron chi connectivity index (χ0n) is 17.2. The van der Waals surface area contributed by atoms with Gasteiger partial charge in [-0.3, -0.25) is 4.79 Å². The number of rotatable bonds is 6. The lowest BCUT2D eigenvalue weighted by molar-refractivity contribution is -0.117.